The molecule has 0 N–H and O–H groups in total. The van der Waals surface area contributed by atoms with Gasteiger partial charge in [0, 0.05) is 60.4 Å². The second-order valence-corrected chi connectivity index (χ2v) is 16.0. The van der Waals surface area contributed by atoms with E-state index < -0.39 is 0 Å². The van der Waals surface area contributed by atoms with Gasteiger partial charge in [0.2, 0.25) is 0 Å². The third-order valence-electron chi connectivity index (χ3n) is 12.4. The van der Waals surface area contributed by atoms with Crippen LogP contribution in [0.25, 0.3) is 122 Å². The number of rotatable bonds is 6. The summed E-state index contributed by atoms with van der Waals surface area (Å²) in [5, 5.41) is 6.67. The van der Waals surface area contributed by atoms with Gasteiger partial charge in [-0.1, -0.05) is 152 Å². The van der Waals surface area contributed by atoms with Crippen LogP contribution in [0.3, 0.4) is 0 Å². The lowest BCUT2D eigenvalue weighted by molar-refractivity contribution is 0.671. The molecule has 6 heteroatoms. The number of nitrogens with zero attached hydrogens (tertiary/aromatic N) is 5. The van der Waals surface area contributed by atoms with E-state index in [-0.39, 0.29) is 0 Å². The number of furan rings is 1. The van der Waals surface area contributed by atoms with Crippen LogP contribution in [0, 0.1) is 0 Å². The van der Waals surface area contributed by atoms with Gasteiger partial charge in [0.05, 0.1) is 22.1 Å². The fourth-order valence-corrected chi connectivity index (χ4v) is 9.55. The van der Waals surface area contributed by atoms with Crippen molar-refractivity contribution in [1.29, 1.82) is 0 Å². The highest BCUT2D eigenvalue weighted by atomic mass is 16.3. The lowest BCUT2D eigenvalue weighted by Gasteiger charge is -2.11. The lowest BCUT2D eigenvalue weighted by atomic mass is 10.0. The monoisotopic (exact) mass is 805 g/mol. The van der Waals surface area contributed by atoms with Crippen molar-refractivity contribution in [1.82, 2.24) is 24.1 Å². The summed E-state index contributed by atoms with van der Waals surface area (Å²) in [5.41, 5.74) is 13.1. The first-order chi connectivity index (χ1) is 31.2. The molecule has 9 aromatic carbocycles. The van der Waals surface area contributed by atoms with Gasteiger partial charge in [0.25, 0.3) is 0 Å². The highest BCUT2D eigenvalue weighted by Crippen LogP contribution is 2.44. The Morgan fingerprint density at radius 2 is 0.905 bits per heavy atom. The van der Waals surface area contributed by atoms with Crippen molar-refractivity contribution >= 4 is 65.6 Å². The van der Waals surface area contributed by atoms with E-state index in [4.69, 9.17) is 19.4 Å². The maximum atomic E-state index is 6.98. The van der Waals surface area contributed by atoms with Gasteiger partial charge < -0.3 is 13.6 Å². The topological polar surface area (TPSA) is 61.7 Å². The van der Waals surface area contributed by atoms with Crippen molar-refractivity contribution in [2.75, 3.05) is 0 Å². The van der Waals surface area contributed by atoms with Crippen molar-refractivity contribution in [2.45, 2.75) is 0 Å². The molecule has 0 saturated heterocycles. The molecule has 0 radical (unpaired) electrons. The maximum absolute atomic E-state index is 6.98. The van der Waals surface area contributed by atoms with Crippen LogP contribution >= 0.6 is 0 Å². The third kappa shape index (κ3) is 5.55. The summed E-state index contributed by atoms with van der Waals surface area (Å²) in [6, 6.07) is 74.2. The van der Waals surface area contributed by atoms with Crippen LogP contribution in [0.15, 0.2) is 217 Å². The lowest BCUT2D eigenvalue weighted by Crippen LogP contribution is -2.00. The minimum absolute atomic E-state index is 0.599. The molecule has 0 atom stereocenters. The molecule has 0 aliphatic heterocycles. The molecule has 0 aliphatic rings. The summed E-state index contributed by atoms with van der Waals surface area (Å²) in [7, 11) is 0. The van der Waals surface area contributed by atoms with E-state index in [0.717, 1.165) is 82.9 Å². The average Bonchev–Trinajstić information content (AvgIpc) is 4.02. The zero-order valence-electron chi connectivity index (χ0n) is 33.9. The molecule has 0 amide bonds. The molecule has 0 spiro atoms. The van der Waals surface area contributed by atoms with E-state index in [1.54, 1.807) is 0 Å². The molecule has 6 nitrogen and oxygen atoms in total. The molecular weight excluding hydrogens is 771 g/mol. The molecule has 0 saturated carbocycles. The molecule has 4 aromatic heterocycles. The van der Waals surface area contributed by atoms with Gasteiger partial charge in [0.15, 0.2) is 23.1 Å². The van der Waals surface area contributed by atoms with Gasteiger partial charge in [-0.15, -0.1) is 0 Å². The predicted octanol–water partition coefficient (Wildman–Crippen LogP) is 14.6. The highest BCUT2D eigenvalue weighted by Gasteiger charge is 2.24. The smallest absolute Gasteiger partial charge is 0.164 e. The molecule has 294 valence electrons. The van der Waals surface area contributed by atoms with Crippen LogP contribution in [-0.2, 0) is 0 Å². The number of hydrogen-bond acceptors (Lipinski definition) is 4. The Morgan fingerprint density at radius 1 is 0.333 bits per heavy atom. The first-order valence-corrected chi connectivity index (χ1v) is 21.2. The zero-order chi connectivity index (χ0) is 41.4. The fourth-order valence-electron chi connectivity index (χ4n) is 9.55. The van der Waals surface area contributed by atoms with Gasteiger partial charge in [-0.2, -0.15) is 0 Å². The Morgan fingerprint density at radius 3 is 1.65 bits per heavy atom. The quantitative estimate of drug-likeness (QED) is 0.168. The molecule has 0 fully saturated rings. The van der Waals surface area contributed by atoms with Crippen molar-refractivity contribution < 1.29 is 4.42 Å². The number of para-hydroxylation sites is 3. The first kappa shape index (κ1) is 35.2. The van der Waals surface area contributed by atoms with Crippen molar-refractivity contribution in [3.05, 3.63) is 212 Å². The van der Waals surface area contributed by atoms with Crippen LogP contribution in [0.1, 0.15) is 0 Å². The summed E-state index contributed by atoms with van der Waals surface area (Å²) in [5.74, 6) is 1.82. The predicted molar refractivity (Wildman–Crippen MR) is 258 cm³/mol. The van der Waals surface area contributed by atoms with Gasteiger partial charge in [-0.05, 0) is 71.8 Å². The average molecular weight is 806 g/mol. The summed E-state index contributed by atoms with van der Waals surface area (Å²) in [6.45, 7) is 0. The second-order valence-electron chi connectivity index (χ2n) is 16.0. The molecule has 63 heavy (non-hydrogen) atoms. The summed E-state index contributed by atoms with van der Waals surface area (Å²) < 4.78 is 11.7. The van der Waals surface area contributed by atoms with Crippen molar-refractivity contribution in [2.24, 2.45) is 0 Å². The van der Waals surface area contributed by atoms with E-state index in [9.17, 15) is 0 Å². The van der Waals surface area contributed by atoms with Crippen LogP contribution in [0.4, 0.5) is 0 Å². The summed E-state index contributed by atoms with van der Waals surface area (Å²) >= 11 is 0. The second kappa shape index (κ2) is 14.0. The normalized spacial score (nSPS) is 11.8. The van der Waals surface area contributed by atoms with E-state index in [2.05, 4.69) is 197 Å². The Bertz CT molecular complexity index is 3850. The number of hydrogen-bond donors (Lipinski definition) is 0. The van der Waals surface area contributed by atoms with Gasteiger partial charge in [-0.3, -0.25) is 0 Å². The maximum Gasteiger partial charge on any atom is 0.164 e. The van der Waals surface area contributed by atoms with E-state index in [1.807, 2.05) is 24.3 Å². The third-order valence-corrected chi connectivity index (χ3v) is 12.4. The molecule has 13 rings (SSSR count). The Kier molecular flexibility index (Phi) is 7.80. The van der Waals surface area contributed by atoms with Gasteiger partial charge in [-0.25, -0.2) is 15.0 Å². The van der Waals surface area contributed by atoms with E-state index >= 15 is 0 Å². The number of aromatic nitrogens is 5. The Labute approximate surface area is 361 Å². The SMILES string of the molecule is c1ccc(-c2cccc(-c3nc(-c4ccccc4)nc(-c4cccc5c4c4ccc6c7cc(-n8c9ccccc9c9ccccc98)ccc7oc6c4n5-c4ccccc4)n3)c2)cc1. The Hall–Kier alpha value is -8.61. The van der Waals surface area contributed by atoms with Crippen LogP contribution in [0.5, 0.6) is 0 Å². The van der Waals surface area contributed by atoms with Crippen molar-refractivity contribution in [3.63, 3.8) is 0 Å². The van der Waals surface area contributed by atoms with Crippen LogP contribution < -0.4 is 0 Å². The molecule has 4 heterocycles. The molecular formula is C57H35N5O. The highest BCUT2D eigenvalue weighted by molar-refractivity contribution is 6.24. The summed E-state index contributed by atoms with van der Waals surface area (Å²) in [6.07, 6.45) is 0. The largest absolute Gasteiger partial charge is 0.454 e. The Balaban J connectivity index is 1.06. The van der Waals surface area contributed by atoms with E-state index in [1.165, 1.54) is 21.8 Å². The van der Waals surface area contributed by atoms with Gasteiger partial charge >= 0.3 is 0 Å². The van der Waals surface area contributed by atoms with Crippen LogP contribution in [-0.4, -0.2) is 24.1 Å². The number of benzene rings is 9. The minimum atomic E-state index is 0.599. The summed E-state index contributed by atoms with van der Waals surface area (Å²) in [4.78, 5) is 15.6. The standard InChI is InChI=1S/C57H35N5O/c1-4-16-36(17-5-1)38-20-14-21-39(34-38)56-58-55(37-18-6-2-7-19-37)59-57(60-56)46-26-15-29-50-52(46)45-32-31-44-47-35-41(61-48-27-12-10-24-42(48)43-25-11-13-28-49(43)61)30-33-51(47)63-54(44)53(45)62(50)40-22-8-3-9-23-40/h1-35H. The van der Waals surface area contributed by atoms with Crippen LogP contribution in [0.2, 0.25) is 0 Å². The molecule has 0 aliphatic carbocycles. The molecule has 13 aromatic rings. The number of fused-ring (bicyclic) bond motifs is 10. The first-order valence-electron chi connectivity index (χ1n) is 21.2. The molecule has 0 unspecified atom stereocenters. The zero-order valence-corrected chi connectivity index (χ0v) is 33.9. The molecule has 0 bridgehead atoms. The van der Waals surface area contributed by atoms with Crippen molar-refractivity contribution in [3.8, 4) is 56.7 Å². The minimum Gasteiger partial charge on any atom is -0.454 e. The fraction of sp³-hybridized carbons (Fsp3) is 0. The van der Waals surface area contributed by atoms with E-state index in [0.29, 0.717) is 17.5 Å². The van der Waals surface area contributed by atoms with Gasteiger partial charge in [0.1, 0.15) is 5.58 Å².